The summed E-state index contributed by atoms with van der Waals surface area (Å²) in [6.07, 6.45) is 1.54. The number of carbonyl (C=O) groups is 1. The molecule has 2 aromatic carbocycles. The van der Waals surface area contributed by atoms with Crippen molar-refractivity contribution in [2.24, 2.45) is 0 Å². The molecule has 1 atom stereocenters. The van der Waals surface area contributed by atoms with E-state index in [9.17, 15) is 4.79 Å². The van der Waals surface area contributed by atoms with E-state index in [4.69, 9.17) is 9.72 Å². The first-order valence-electron chi connectivity index (χ1n) is 9.69. The van der Waals surface area contributed by atoms with Gasteiger partial charge in [-0.15, -0.1) is 0 Å². The van der Waals surface area contributed by atoms with Crippen LogP contribution in [0.4, 0.5) is 5.69 Å². The van der Waals surface area contributed by atoms with Crippen LogP contribution in [-0.2, 0) is 11.3 Å². The molecule has 1 saturated heterocycles. The minimum atomic E-state index is 0.114. The van der Waals surface area contributed by atoms with Crippen LogP contribution in [-0.4, -0.2) is 28.6 Å². The van der Waals surface area contributed by atoms with Gasteiger partial charge in [-0.1, -0.05) is 19.1 Å². The van der Waals surface area contributed by atoms with E-state index in [0.29, 0.717) is 19.6 Å². The molecular formula is C22H25N3O2. The fraction of sp³-hybridized carbons (Fsp3) is 0.364. The molecule has 0 unspecified atom stereocenters. The molecule has 5 nitrogen and oxygen atoms in total. The van der Waals surface area contributed by atoms with Crippen LogP contribution in [0.1, 0.15) is 38.4 Å². The minimum absolute atomic E-state index is 0.114. The van der Waals surface area contributed by atoms with Crippen molar-refractivity contribution in [3.05, 3.63) is 54.4 Å². The number of nitrogens with zero attached hydrogens (tertiary/aromatic N) is 3. The lowest BCUT2D eigenvalue weighted by atomic mass is 10.1. The van der Waals surface area contributed by atoms with Gasteiger partial charge in [0.15, 0.2) is 0 Å². The number of anilines is 1. The monoisotopic (exact) mass is 363 g/mol. The molecule has 0 aliphatic carbocycles. The average molecular weight is 363 g/mol. The summed E-state index contributed by atoms with van der Waals surface area (Å²) >= 11 is 0. The van der Waals surface area contributed by atoms with Crippen molar-refractivity contribution in [1.82, 2.24) is 9.55 Å². The lowest BCUT2D eigenvalue weighted by molar-refractivity contribution is -0.117. The van der Waals surface area contributed by atoms with Crippen molar-refractivity contribution in [2.45, 2.75) is 39.2 Å². The molecule has 0 saturated carbocycles. The van der Waals surface area contributed by atoms with E-state index in [2.05, 4.69) is 17.6 Å². The predicted molar refractivity (Wildman–Crippen MR) is 107 cm³/mol. The number of fused-ring (bicyclic) bond motifs is 1. The first kappa shape index (κ1) is 17.6. The Morgan fingerprint density at radius 1 is 1.11 bits per heavy atom. The van der Waals surface area contributed by atoms with E-state index < -0.39 is 0 Å². The highest BCUT2D eigenvalue weighted by atomic mass is 16.5. The number of para-hydroxylation sites is 2. The highest BCUT2D eigenvalue weighted by molar-refractivity contribution is 5.96. The number of aromatic nitrogens is 2. The molecule has 0 bridgehead atoms. The van der Waals surface area contributed by atoms with Gasteiger partial charge in [-0.25, -0.2) is 4.98 Å². The molecule has 4 rings (SSSR count). The molecule has 27 heavy (non-hydrogen) atoms. The number of hydrogen-bond donors (Lipinski definition) is 0. The first-order valence-corrected chi connectivity index (χ1v) is 9.69. The van der Waals surface area contributed by atoms with Crippen LogP contribution < -0.4 is 9.64 Å². The lowest BCUT2D eigenvalue weighted by Gasteiger charge is -2.18. The zero-order valence-corrected chi connectivity index (χ0v) is 15.9. The van der Waals surface area contributed by atoms with Gasteiger partial charge in [0.2, 0.25) is 5.91 Å². The van der Waals surface area contributed by atoms with Crippen LogP contribution in [0.5, 0.6) is 5.75 Å². The number of imidazole rings is 1. The van der Waals surface area contributed by atoms with Crippen molar-refractivity contribution in [2.75, 3.05) is 18.1 Å². The molecule has 0 radical (unpaired) electrons. The summed E-state index contributed by atoms with van der Waals surface area (Å²) in [5.41, 5.74) is 3.08. The van der Waals surface area contributed by atoms with Crippen molar-refractivity contribution < 1.29 is 9.53 Å². The topological polar surface area (TPSA) is 47.4 Å². The quantitative estimate of drug-likeness (QED) is 0.653. The van der Waals surface area contributed by atoms with Gasteiger partial charge in [0, 0.05) is 31.1 Å². The molecule has 1 amide bonds. The second-order valence-electron chi connectivity index (χ2n) is 6.94. The van der Waals surface area contributed by atoms with Gasteiger partial charge in [0.1, 0.15) is 11.6 Å². The van der Waals surface area contributed by atoms with Crippen molar-refractivity contribution >= 4 is 22.6 Å². The highest BCUT2D eigenvalue weighted by Crippen LogP contribution is 2.33. The van der Waals surface area contributed by atoms with Crippen molar-refractivity contribution in [3.8, 4) is 5.75 Å². The molecule has 1 fully saturated rings. The molecule has 0 spiro atoms. The molecule has 5 heteroatoms. The number of aryl methyl sites for hydroxylation is 1. The van der Waals surface area contributed by atoms with Crippen LogP contribution in [0.25, 0.3) is 11.0 Å². The second-order valence-corrected chi connectivity index (χ2v) is 6.94. The second kappa shape index (κ2) is 7.43. The van der Waals surface area contributed by atoms with Gasteiger partial charge < -0.3 is 14.2 Å². The van der Waals surface area contributed by atoms with E-state index in [1.807, 2.05) is 54.3 Å². The maximum Gasteiger partial charge on any atom is 0.227 e. The third-order valence-corrected chi connectivity index (χ3v) is 5.08. The van der Waals surface area contributed by atoms with E-state index in [1.54, 1.807) is 0 Å². The summed E-state index contributed by atoms with van der Waals surface area (Å²) < 4.78 is 7.79. The molecular weight excluding hydrogens is 338 g/mol. The normalized spacial score (nSPS) is 17.0. The number of rotatable bonds is 6. The predicted octanol–water partition coefficient (Wildman–Crippen LogP) is 4.37. The molecule has 140 valence electrons. The zero-order chi connectivity index (χ0) is 18.8. The van der Waals surface area contributed by atoms with Gasteiger partial charge in [-0.05, 0) is 49.7 Å². The summed E-state index contributed by atoms with van der Waals surface area (Å²) in [5.74, 6) is 2.12. The lowest BCUT2D eigenvalue weighted by Crippen LogP contribution is -2.24. The van der Waals surface area contributed by atoms with E-state index in [0.717, 1.165) is 41.3 Å². The van der Waals surface area contributed by atoms with Gasteiger partial charge >= 0.3 is 0 Å². The Labute approximate surface area is 159 Å². The highest BCUT2D eigenvalue weighted by Gasteiger charge is 2.34. The van der Waals surface area contributed by atoms with Crippen LogP contribution in [0.3, 0.4) is 0 Å². The van der Waals surface area contributed by atoms with E-state index in [1.165, 1.54) is 0 Å². The molecule has 1 aliphatic rings. The summed E-state index contributed by atoms with van der Waals surface area (Å²) in [7, 11) is 0. The number of benzene rings is 2. The molecule has 2 heterocycles. The number of hydrogen-bond acceptors (Lipinski definition) is 3. The third kappa shape index (κ3) is 3.29. The molecule has 3 aromatic rings. The Kier molecular flexibility index (Phi) is 4.84. The maximum absolute atomic E-state index is 12.7. The van der Waals surface area contributed by atoms with Crippen LogP contribution in [0, 0.1) is 0 Å². The summed E-state index contributed by atoms with van der Waals surface area (Å²) in [5, 5.41) is 0. The van der Waals surface area contributed by atoms with Crippen LogP contribution >= 0.6 is 0 Å². The smallest absolute Gasteiger partial charge is 0.227 e. The number of amides is 1. The fourth-order valence-corrected chi connectivity index (χ4v) is 3.88. The fourth-order valence-electron chi connectivity index (χ4n) is 3.88. The van der Waals surface area contributed by atoms with E-state index in [-0.39, 0.29) is 11.8 Å². The van der Waals surface area contributed by atoms with E-state index >= 15 is 0 Å². The van der Waals surface area contributed by atoms with Gasteiger partial charge in [-0.3, -0.25) is 4.79 Å². The largest absolute Gasteiger partial charge is 0.494 e. The molecule has 1 aromatic heterocycles. The van der Waals surface area contributed by atoms with Gasteiger partial charge in [0.05, 0.1) is 17.6 Å². The standard InChI is InChI=1S/C22H25N3O2/c1-3-13-24-20-8-6-5-7-19(20)23-22(24)16-14-21(26)25(15-16)17-9-11-18(12-10-17)27-4-2/h5-12,16H,3-4,13-15H2,1-2H3/t16-/m1/s1. The Balaban J connectivity index is 1.62. The average Bonchev–Trinajstić information content (AvgIpc) is 3.24. The number of carbonyl (C=O) groups excluding carboxylic acids is 1. The number of ether oxygens (including phenoxy) is 1. The zero-order valence-electron chi connectivity index (χ0n) is 15.9. The summed E-state index contributed by atoms with van der Waals surface area (Å²) in [6.45, 7) is 6.36. The molecule has 1 aliphatic heterocycles. The molecule has 0 N–H and O–H groups in total. The van der Waals surface area contributed by atoms with Gasteiger partial charge in [-0.2, -0.15) is 0 Å². The Hall–Kier alpha value is -2.82. The Morgan fingerprint density at radius 2 is 1.89 bits per heavy atom. The Morgan fingerprint density at radius 3 is 2.63 bits per heavy atom. The maximum atomic E-state index is 12.7. The third-order valence-electron chi connectivity index (χ3n) is 5.08. The first-order chi connectivity index (χ1) is 13.2. The SMILES string of the molecule is CCCn1c([C@@H]2CC(=O)N(c3ccc(OCC)cc3)C2)nc2ccccc21. The summed E-state index contributed by atoms with van der Waals surface area (Å²) in [6, 6.07) is 16.0. The van der Waals surface area contributed by atoms with Crippen LogP contribution in [0.15, 0.2) is 48.5 Å². The van der Waals surface area contributed by atoms with Crippen molar-refractivity contribution in [3.63, 3.8) is 0 Å². The van der Waals surface area contributed by atoms with Crippen LogP contribution in [0.2, 0.25) is 0 Å². The van der Waals surface area contributed by atoms with Gasteiger partial charge in [0.25, 0.3) is 0 Å². The summed E-state index contributed by atoms with van der Waals surface area (Å²) in [4.78, 5) is 19.5. The Bertz CT molecular complexity index is 946. The van der Waals surface area contributed by atoms with Crippen molar-refractivity contribution in [1.29, 1.82) is 0 Å². The minimum Gasteiger partial charge on any atom is -0.494 e.